The number of aliphatic hydroxyl groups excluding tert-OH is 1. The highest BCUT2D eigenvalue weighted by Crippen LogP contribution is 2.47. The van der Waals surface area contributed by atoms with Gasteiger partial charge in [-0.05, 0) is 53.3 Å². The molecule has 0 radical (unpaired) electrons. The summed E-state index contributed by atoms with van der Waals surface area (Å²) >= 11 is 0. The van der Waals surface area contributed by atoms with Crippen LogP contribution in [-0.4, -0.2) is 21.1 Å². The number of rotatable bonds is 5. The van der Waals surface area contributed by atoms with Gasteiger partial charge in [-0.25, -0.2) is 8.78 Å². The molecule has 0 saturated carbocycles. The molecule has 1 aromatic heterocycles. The highest BCUT2D eigenvalue weighted by atomic mass is 19.4. The number of nitro groups is 1. The van der Waals surface area contributed by atoms with Crippen molar-refractivity contribution in [1.82, 2.24) is 4.98 Å². The van der Waals surface area contributed by atoms with Gasteiger partial charge in [-0.3, -0.25) is 15.1 Å². The van der Waals surface area contributed by atoms with Crippen molar-refractivity contribution in [2.45, 2.75) is 57.6 Å². The van der Waals surface area contributed by atoms with Crippen LogP contribution in [0.5, 0.6) is 0 Å². The van der Waals surface area contributed by atoms with E-state index in [1.807, 2.05) is 0 Å². The third-order valence-electron chi connectivity index (χ3n) is 6.81. The number of hydrogen-bond donors (Lipinski definition) is 1. The molecule has 10 heteroatoms. The summed E-state index contributed by atoms with van der Waals surface area (Å²) < 4.78 is 69.4. The van der Waals surface area contributed by atoms with Crippen molar-refractivity contribution >= 4 is 0 Å². The van der Waals surface area contributed by atoms with E-state index in [-0.39, 0.29) is 34.6 Å². The van der Waals surface area contributed by atoms with Gasteiger partial charge in [0, 0.05) is 27.7 Å². The van der Waals surface area contributed by atoms with Crippen LogP contribution in [0, 0.1) is 21.8 Å². The summed E-state index contributed by atoms with van der Waals surface area (Å²) in [6, 6.07) is 7.29. The Balaban J connectivity index is 2.03. The number of benzene rings is 2. The van der Waals surface area contributed by atoms with E-state index in [1.54, 1.807) is 20.8 Å². The second-order valence-electron chi connectivity index (χ2n) is 9.69. The number of nitrogens with zero attached hydrogens (tertiary/aromatic N) is 2. The lowest BCUT2D eigenvalue weighted by Gasteiger charge is -2.33. The van der Waals surface area contributed by atoms with Crippen LogP contribution in [0.15, 0.2) is 48.5 Å². The molecule has 1 N–H and O–H groups in total. The first-order valence-electron chi connectivity index (χ1n) is 11.8. The fourth-order valence-electron chi connectivity index (χ4n) is 5.02. The summed E-state index contributed by atoms with van der Waals surface area (Å²) in [6.45, 7) is 5.17. The number of halogens is 5. The Labute approximate surface area is 210 Å². The highest BCUT2D eigenvalue weighted by molar-refractivity contribution is 5.75. The minimum atomic E-state index is -4.60. The molecule has 1 aliphatic carbocycles. The maximum absolute atomic E-state index is 16.4. The van der Waals surface area contributed by atoms with Crippen molar-refractivity contribution in [2.24, 2.45) is 5.92 Å². The maximum atomic E-state index is 16.4. The lowest BCUT2D eigenvalue weighted by molar-refractivity contribution is -0.546. The number of aliphatic hydroxyl groups is 1. The topological polar surface area (TPSA) is 76.3 Å². The van der Waals surface area contributed by atoms with Crippen molar-refractivity contribution in [1.29, 1.82) is 0 Å². The van der Waals surface area contributed by atoms with Crippen LogP contribution >= 0.6 is 0 Å². The molecule has 0 saturated heterocycles. The molecule has 4 atom stereocenters. The molecule has 0 aliphatic heterocycles. The Hall–Kier alpha value is -3.40. The quantitative estimate of drug-likeness (QED) is 0.224. The van der Waals surface area contributed by atoms with Crippen LogP contribution < -0.4 is 0 Å². The van der Waals surface area contributed by atoms with Gasteiger partial charge in [0.2, 0.25) is 6.04 Å². The van der Waals surface area contributed by atoms with Crippen LogP contribution in [0.25, 0.3) is 11.1 Å². The fourth-order valence-corrected chi connectivity index (χ4v) is 5.02. The first-order valence-corrected chi connectivity index (χ1v) is 11.8. The van der Waals surface area contributed by atoms with E-state index in [9.17, 15) is 32.8 Å². The van der Waals surface area contributed by atoms with Crippen molar-refractivity contribution < 1.29 is 32.0 Å². The molecule has 196 valence electrons. The molecular weight excluding hydrogens is 495 g/mol. The summed E-state index contributed by atoms with van der Waals surface area (Å²) in [5.74, 6) is -1.46. The molecule has 3 aromatic rings. The average molecular weight is 520 g/mol. The molecule has 37 heavy (non-hydrogen) atoms. The lowest BCUT2D eigenvalue weighted by atomic mass is 9.75. The fraction of sp³-hybridized carbons (Fsp3) is 0.370. The van der Waals surface area contributed by atoms with Gasteiger partial charge in [-0.15, -0.1) is 0 Å². The van der Waals surface area contributed by atoms with E-state index in [0.717, 1.165) is 36.4 Å². The predicted molar refractivity (Wildman–Crippen MR) is 127 cm³/mol. The number of alkyl halides is 4. The van der Waals surface area contributed by atoms with Gasteiger partial charge in [0.1, 0.15) is 11.9 Å². The van der Waals surface area contributed by atoms with Crippen LogP contribution in [0.4, 0.5) is 22.0 Å². The molecule has 1 aliphatic rings. The lowest BCUT2D eigenvalue weighted by Crippen LogP contribution is -2.40. The molecule has 2 aromatic carbocycles. The number of hydrogen-bond acceptors (Lipinski definition) is 4. The summed E-state index contributed by atoms with van der Waals surface area (Å²) in [6.07, 6.45) is -8.04. The normalized spacial score (nSPS) is 20.5. The van der Waals surface area contributed by atoms with Gasteiger partial charge in [-0.1, -0.05) is 45.0 Å². The second kappa shape index (κ2) is 9.81. The first kappa shape index (κ1) is 26.7. The number of pyridine rings is 1. The van der Waals surface area contributed by atoms with Gasteiger partial charge in [0.15, 0.2) is 6.17 Å². The molecule has 1 heterocycles. The molecular formula is C27H25F5N2O3. The SMILES string of the molecule is CC(C)c1nc2c(c(-c3ccc(F)cc3)c1C(F)c1ccc(C(F)(F)F)cc1)C(O)C([N+](=O)[O-])C(C)C2. The second-order valence-corrected chi connectivity index (χ2v) is 9.69. The maximum Gasteiger partial charge on any atom is 0.416 e. The van der Waals surface area contributed by atoms with Gasteiger partial charge >= 0.3 is 6.18 Å². The molecule has 4 rings (SSSR count). The van der Waals surface area contributed by atoms with Gasteiger partial charge in [-0.2, -0.15) is 13.2 Å². The van der Waals surface area contributed by atoms with Gasteiger partial charge < -0.3 is 5.11 Å². The van der Waals surface area contributed by atoms with Crippen LogP contribution in [0.3, 0.4) is 0 Å². The van der Waals surface area contributed by atoms with Gasteiger partial charge in [0.25, 0.3) is 0 Å². The summed E-state index contributed by atoms with van der Waals surface area (Å²) in [4.78, 5) is 15.9. The Morgan fingerprint density at radius 2 is 1.68 bits per heavy atom. The van der Waals surface area contributed by atoms with Crippen molar-refractivity contribution in [2.75, 3.05) is 0 Å². The molecule has 5 nitrogen and oxygen atoms in total. The van der Waals surface area contributed by atoms with E-state index in [1.165, 1.54) is 12.1 Å². The average Bonchev–Trinajstić information content (AvgIpc) is 2.82. The minimum absolute atomic E-state index is 0.0178. The van der Waals surface area contributed by atoms with Gasteiger partial charge in [0.05, 0.1) is 11.3 Å². The summed E-state index contributed by atoms with van der Waals surface area (Å²) in [5.41, 5.74) is 0.192. The standard InChI is InChI=1S/C27H25F5N2O3/c1-13(2)24-22(23(29)16-4-8-17(9-5-16)27(30,31)32)20(15-6-10-18(28)11-7-15)21-19(33-24)12-14(3)25(26(21)35)34(36)37/h4-11,13-14,23,25-26,35H,12H2,1-3H3. The van der Waals surface area contributed by atoms with Crippen molar-refractivity contribution in [3.8, 4) is 11.1 Å². The molecule has 0 bridgehead atoms. The molecule has 0 fully saturated rings. The van der Waals surface area contributed by atoms with E-state index in [2.05, 4.69) is 4.98 Å². The number of aromatic nitrogens is 1. The Morgan fingerprint density at radius 1 is 1.08 bits per heavy atom. The molecule has 0 amide bonds. The number of fused-ring (bicyclic) bond motifs is 1. The third kappa shape index (κ3) is 4.94. The zero-order valence-electron chi connectivity index (χ0n) is 20.3. The van der Waals surface area contributed by atoms with Crippen molar-refractivity contribution in [3.63, 3.8) is 0 Å². The van der Waals surface area contributed by atoms with E-state index >= 15 is 4.39 Å². The van der Waals surface area contributed by atoms with Crippen LogP contribution in [0.1, 0.15) is 72.6 Å². The van der Waals surface area contributed by atoms with E-state index in [4.69, 9.17) is 0 Å². The monoisotopic (exact) mass is 520 g/mol. The van der Waals surface area contributed by atoms with E-state index in [0.29, 0.717) is 17.0 Å². The van der Waals surface area contributed by atoms with Crippen molar-refractivity contribution in [3.05, 3.63) is 98.1 Å². The Morgan fingerprint density at radius 3 is 2.19 bits per heavy atom. The molecule has 0 spiro atoms. The van der Waals surface area contributed by atoms with Crippen LogP contribution in [-0.2, 0) is 12.6 Å². The summed E-state index contributed by atoms with van der Waals surface area (Å²) in [5, 5.41) is 23.0. The first-order chi connectivity index (χ1) is 17.3. The Bertz CT molecular complexity index is 1310. The molecule has 4 unspecified atom stereocenters. The highest BCUT2D eigenvalue weighted by Gasteiger charge is 2.45. The minimum Gasteiger partial charge on any atom is -0.381 e. The third-order valence-corrected chi connectivity index (χ3v) is 6.81. The largest absolute Gasteiger partial charge is 0.416 e. The van der Waals surface area contributed by atoms with E-state index < -0.39 is 46.7 Å². The summed E-state index contributed by atoms with van der Waals surface area (Å²) in [7, 11) is 0. The Kier molecular flexibility index (Phi) is 7.07. The van der Waals surface area contributed by atoms with Crippen LogP contribution in [0.2, 0.25) is 0 Å². The smallest absolute Gasteiger partial charge is 0.381 e. The zero-order chi connectivity index (χ0) is 27.2. The zero-order valence-corrected chi connectivity index (χ0v) is 20.3. The predicted octanol–water partition coefficient (Wildman–Crippen LogP) is 6.96.